The maximum absolute atomic E-state index is 11.4. The number of halogens is 1. The van der Waals surface area contributed by atoms with Crippen LogP contribution in [0.1, 0.15) is 26.3 Å². The molecular weight excluding hydrogens is 286 g/mol. The molecule has 5 nitrogen and oxygen atoms in total. The van der Waals surface area contributed by atoms with E-state index in [9.17, 15) is 9.00 Å². The van der Waals surface area contributed by atoms with Gasteiger partial charge in [0.2, 0.25) is 11.6 Å². The quantitative estimate of drug-likeness (QED) is 0.618. The molecule has 0 bridgehead atoms. The summed E-state index contributed by atoms with van der Waals surface area (Å²) in [5, 5.41) is 0.733. The lowest BCUT2D eigenvalue weighted by molar-refractivity contribution is -0.107. The zero-order valence-electron chi connectivity index (χ0n) is 11.3. The van der Waals surface area contributed by atoms with Crippen molar-refractivity contribution in [3.63, 3.8) is 0 Å². The molecular formula is C12H16ClN3O2S. The normalized spacial score (nSPS) is 13.5. The molecule has 0 saturated heterocycles. The Bertz CT molecular complexity index is 528. The van der Waals surface area contributed by atoms with Crippen LogP contribution in [-0.2, 0) is 15.6 Å². The average molecular weight is 302 g/mol. The molecule has 0 N–H and O–H groups in total. The minimum atomic E-state index is -1.31. The highest BCUT2D eigenvalue weighted by molar-refractivity contribution is 7.84. The molecule has 1 amide bonds. The smallest absolute Gasteiger partial charge is 0.220 e. The van der Waals surface area contributed by atoms with Gasteiger partial charge in [0.15, 0.2) is 0 Å². The van der Waals surface area contributed by atoms with E-state index in [1.54, 1.807) is 13.0 Å². The van der Waals surface area contributed by atoms with Gasteiger partial charge in [0.1, 0.15) is 5.82 Å². The highest BCUT2D eigenvalue weighted by Gasteiger charge is 2.17. The lowest BCUT2D eigenvalue weighted by Gasteiger charge is -2.22. The molecule has 0 aromatic carbocycles. The molecule has 104 valence electrons. The van der Waals surface area contributed by atoms with Gasteiger partial charge in [0.05, 0.1) is 10.8 Å². The van der Waals surface area contributed by atoms with Crippen LogP contribution in [0.25, 0.3) is 6.08 Å². The molecule has 1 atom stereocenters. The van der Waals surface area contributed by atoms with Gasteiger partial charge >= 0.3 is 0 Å². The summed E-state index contributed by atoms with van der Waals surface area (Å²) in [6, 6.07) is -0.0756. The first kappa shape index (κ1) is 15.8. The summed E-state index contributed by atoms with van der Waals surface area (Å²) in [6.45, 7) is 5.44. The summed E-state index contributed by atoms with van der Waals surface area (Å²) in [5.74, 6) is 0.408. The minimum absolute atomic E-state index is 0.0756. The van der Waals surface area contributed by atoms with Crippen LogP contribution in [0.4, 0.5) is 5.82 Å². The second-order valence-electron chi connectivity index (χ2n) is 4.22. The first-order valence-electron chi connectivity index (χ1n) is 5.64. The second-order valence-corrected chi connectivity index (χ2v) is 6.09. The highest BCUT2D eigenvalue weighted by atomic mass is 35.5. The summed E-state index contributed by atoms with van der Waals surface area (Å²) in [6.07, 6.45) is 5.36. The maximum atomic E-state index is 11.4. The topological polar surface area (TPSA) is 63.2 Å². The van der Waals surface area contributed by atoms with E-state index in [1.165, 1.54) is 17.4 Å². The third-order valence-electron chi connectivity index (χ3n) is 2.30. The third kappa shape index (κ3) is 4.11. The Morgan fingerprint density at radius 1 is 1.53 bits per heavy atom. The largest absolute Gasteiger partial charge is 0.296 e. The number of allylic oxidation sites excluding steroid dienone is 1. The van der Waals surface area contributed by atoms with Crippen LogP contribution < -0.4 is 4.90 Å². The van der Waals surface area contributed by atoms with Crippen LogP contribution >= 0.6 is 11.6 Å². The zero-order valence-corrected chi connectivity index (χ0v) is 12.8. The molecule has 1 unspecified atom stereocenters. The zero-order chi connectivity index (χ0) is 14.6. The number of hydrogen-bond donors (Lipinski definition) is 0. The molecule has 0 fully saturated rings. The lowest BCUT2D eigenvalue weighted by atomic mass is 10.2. The van der Waals surface area contributed by atoms with Gasteiger partial charge in [-0.3, -0.25) is 13.9 Å². The summed E-state index contributed by atoms with van der Waals surface area (Å²) < 4.78 is 11.4. The molecule has 19 heavy (non-hydrogen) atoms. The van der Waals surface area contributed by atoms with Crippen molar-refractivity contribution < 1.29 is 9.00 Å². The minimum Gasteiger partial charge on any atom is -0.296 e. The molecule has 1 rings (SSSR count). The lowest BCUT2D eigenvalue weighted by Crippen LogP contribution is -2.31. The van der Waals surface area contributed by atoms with E-state index in [1.807, 2.05) is 13.8 Å². The van der Waals surface area contributed by atoms with Crippen LogP contribution in [0.2, 0.25) is 0 Å². The SMILES string of the molecule is C/C(Cl)=C\c1cnc(S(C)=O)nc1N(C=O)C(C)C. The Kier molecular flexibility index (Phi) is 5.62. The number of carbonyl (C=O) groups is 1. The van der Waals surface area contributed by atoms with Gasteiger partial charge in [-0.25, -0.2) is 9.97 Å². The fourth-order valence-corrected chi connectivity index (χ4v) is 1.98. The van der Waals surface area contributed by atoms with Gasteiger partial charge in [0.25, 0.3) is 0 Å². The predicted octanol–water partition coefficient (Wildman–Crippen LogP) is 2.18. The molecule has 1 aromatic rings. The molecule has 1 heterocycles. The fraction of sp³-hybridized carbons (Fsp3) is 0.417. The van der Waals surface area contributed by atoms with Gasteiger partial charge in [-0.05, 0) is 26.8 Å². The van der Waals surface area contributed by atoms with Gasteiger partial charge in [0, 0.05) is 29.1 Å². The number of hydrogen-bond acceptors (Lipinski definition) is 4. The molecule has 1 aromatic heterocycles. The first-order valence-corrected chi connectivity index (χ1v) is 7.58. The summed E-state index contributed by atoms with van der Waals surface area (Å²) >= 11 is 5.85. The monoisotopic (exact) mass is 301 g/mol. The summed E-state index contributed by atoms with van der Waals surface area (Å²) in [7, 11) is -1.31. The van der Waals surface area contributed by atoms with Crippen molar-refractivity contribution in [2.75, 3.05) is 11.2 Å². The van der Waals surface area contributed by atoms with Crippen molar-refractivity contribution in [3.8, 4) is 0 Å². The second kappa shape index (κ2) is 6.77. The number of rotatable bonds is 5. The van der Waals surface area contributed by atoms with Crippen LogP contribution in [0.5, 0.6) is 0 Å². The molecule has 0 aliphatic rings. The molecule has 0 spiro atoms. The standard InChI is InChI=1S/C12H16ClN3O2S/c1-8(2)16(7-17)11-10(5-9(3)13)6-14-12(15-11)19(4)18/h5-8H,1-4H3/b9-5+. The van der Waals surface area contributed by atoms with E-state index in [0.717, 1.165) is 0 Å². The number of aromatic nitrogens is 2. The Hall–Kier alpha value is -1.27. The van der Waals surface area contributed by atoms with Crippen LogP contribution in [0, 0.1) is 0 Å². The average Bonchev–Trinajstić information content (AvgIpc) is 2.30. The van der Waals surface area contributed by atoms with Gasteiger partial charge < -0.3 is 0 Å². The van der Waals surface area contributed by atoms with Crippen molar-refractivity contribution >= 4 is 40.7 Å². The Balaban J connectivity index is 3.44. The first-order chi connectivity index (χ1) is 8.86. The number of amides is 1. The van der Waals surface area contributed by atoms with Crippen LogP contribution in [0.15, 0.2) is 16.4 Å². The van der Waals surface area contributed by atoms with Gasteiger partial charge in [-0.1, -0.05) is 11.6 Å². The van der Waals surface area contributed by atoms with Crippen molar-refractivity contribution in [1.29, 1.82) is 0 Å². The highest BCUT2D eigenvalue weighted by Crippen LogP contribution is 2.22. The fourth-order valence-electron chi connectivity index (χ4n) is 1.44. The van der Waals surface area contributed by atoms with E-state index in [-0.39, 0.29) is 11.2 Å². The number of nitrogens with zero attached hydrogens (tertiary/aromatic N) is 3. The Labute approximate surface area is 120 Å². The van der Waals surface area contributed by atoms with E-state index in [4.69, 9.17) is 11.6 Å². The third-order valence-corrected chi connectivity index (χ3v) is 3.12. The van der Waals surface area contributed by atoms with Crippen LogP contribution in [-0.4, -0.2) is 32.9 Å². The van der Waals surface area contributed by atoms with Crippen molar-refractivity contribution in [2.24, 2.45) is 0 Å². The number of carbonyl (C=O) groups excluding carboxylic acids is 1. The maximum Gasteiger partial charge on any atom is 0.220 e. The summed E-state index contributed by atoms with van der Waals surface area (Å²) in [4.78, 5) is 20.9. The van der Waals surface area contributed by atoms with Crippen LogP contribution in [0.3, 0.4) is 0 Å². The van der Waals surface area contributed by atoms with E-state index >= 15 is 0 Å². The van der Waals surface area contributed by atoms with Crippen molar-refractivity contribution in [2.45, 2.75) is 32.0 Å². The predicted molar refractivity (Wildman–Crippen MR) is 77.5 cm³/mol. The summed E-state index contributed by atoms with van der Waals surface area (Å²) in [5.41, 5.74) is 0.613. The van der Waals surface area contributed by atoms with Crippen molar-refractivity contribution in [1.82, 2.24) is 9.97 Å². The van der Waals surface area contributed by atoms with Gasteiger partial charge in [-0.2, -0.15) is 0 Å². The van der Waals surface area contributed by atoms with E-state index < -0.39 is 10.8 Å². The van der Waals surface area contributed by atoms with E-state index in [0.29, 0.717) is 22.8 Å². The molecule has 0 aliphatic heterocycles. The van der Waals surface area contributed by atoms with Crippen molar-refractivity contribution in [3.05, 3.63) is 16.8 Å². The number of anilines is 1. The van der Waals surface area contributed by atoms with Gasteiger partial charge in [-0.15, -0.1) is 0 Å². The molecule has 0 saturated carbocycles. The molecule has 0 aliphatic carbocycles. The van der Waals surface area contributed by atoms with E-state index in [2.05, 4.69) is 9.97 Å². The Morgan fingerprint density at radius 2 is 2.16 bits per heavy atom. The molecule has 0 radical (unpaired) electrons. The molecule has 7 heteroatoms. The Morgan fingerprint density at radius 3 is 2.58 bits per heavy atom.